The standard InChI is InChI=1S/C20H16F3N3O/c1-2-13-5-3-8-17-14(10-24)11-26(19(13)17)12-18(27)25-16-7-4-6-15(9-16)20(21,22)23/h3-9,11H,2,12H2,1H3,(H,25,27). The number of nitrogens with zero attached hydrogens (tertiary/aromatic N) is 2. The van der Waals surface area contributed by atoms with Gasteiger partial charge in [0, 0.05) is 17.3 Å². The van der Waals surface area contributed by atoms with Crippen LogP contribution in [0.15, 0.2) is 48.7 Å². The van der Waals surface area contributed by atoms with E-state index >= 15 is 0 Å². The number of amides is 1. The zero-order valence-corrected chi connectivity index (χ0v) is 14.5. The third-order valence-corrected chi connectivity index (χ3v) is 4.27. The number of carbonyl (C=O) groups is 1. The van der Waals surface area contributed by atoms with Crippen molar-refractivity contribution >= 4 is 22.5 Å². The van der Waals surface area contributed by atoms with Crippen LogP contribution in [0.2, 0.25) is 0 Å². The number of hydrogen-bond acceptors (Lipinski definition) is 2. The molecule has 3 rings (SSSR count). The molecule has 1 N–H and O–H groups in total. The highest BCUT2D eigenvalue weighted by Gasteiger charge is 2.30. The van der Waals surface area contributed by atoms with Gasteiger partial charge < -0.3 is 9.88 Å². The topological polar surface area (TPSA) is 57.8 Å². The number of fused-ring (bicyclic) bond motifs is 1. The first-order valence-electron chi connectivity index (χ1n) is 8.31. The highest BCUT2D eigenvalue weighted by molar-refractivity contribution is 5.94. The van der Waals surface area contributed by atoms with Crippen molar-refractivity contribution in [1.29, 1.82) is 5.26 Å². The summed E-state index contributed by atoms with van der Waals surface area (Å²) in [5.41, 5.74) is 1.47. The molecule has 1 heterocycles. The summed E-state index contributed by atoms with van der Waals surface area (Å²) in [6, 6.07) is 12.2. The molecule has 4 nitrogen and oxygen atoms in total. The van der Waals surface area contributed by atoms with Crippen molar-refractivity contribution in [3.8, 4) is 6.07 Å². The number of aromatic nitrogens is 1. The molecule has 0 saturated carbocycles. The average molecular weight is 371 g/mol. The average Bonchev–Trinajstić information content (AvgIpc) is 2.99. The molecule has 2 aromatic carbocycles. The predicted octanol–water partition coefficient (Wildman–Crippen LogP) is 4.73. The van der Waals surface area contributed by atoms with E-state index in [1.807, 2.05) is 25.1 Å². The maximum absolute atomic E-state index is 12.8. The van der Waals surface area contributed by atoms with Crippen LogP contribution in [-0.2, 0) is 23.9 Å². The number of benzene rings is 2. The molecular weight excluding hydrogens is 355 g/mol. The van der Waals surface area contributed by atoms with Crippen LogP contribution in [0.1, 0.15) is 23.6 Å². The van der Waals surface area contributed by atoms with Gasteiger partial charge in [0.1, 0.15) is 12.6 Å². The fraction of sp³-hybridized carbons (Fsp3) is 0.200. The number of para-hydroxylation sites is 1. The van der Waals surface area contributed by atoms with Gasteiger partial charge in [0.05, 0.1) is 16.6 Å². The fourth-order valence-corrected chi connectivity index (χ4v) is 3.07. The van der Waals surface area contributed by atoms with Gasteiger partial charge in [-0.05, 0) is 30.2 Å². The summed E-state index contributed by atoms with van der Waals surface area (Å²) in [6.07, 6.45) is -2.16. The Balaban J connectivity index is 1.88. The van der Waals surface area contributed by atoms with Gasteiger partial charge in [-0.1, -0.05) is 31.2 Å². The molecule has 1 aromatic heterocycles. The van der Waals surface area contributed by atoms with Gasteiger partial charge >= 0.3 is 6.18 Å². The number of nitrogens with one attached hydrogen (secondary N) is 1. The zero-order valence-electron chi connectivity index (χ0n) is 14.5. The highest BCUT2D eigenvalue weighted by atomic mass is 19.4. The fourth-order valence-electron chi connectivity index (χ4n) is 3.07. The van der Waals surface area contributed by atoms with E-state index in [1.165, 1.54) is 12.1 Å². The van der Waals surface area contributed by atoms with Crippen molar-refractivity contribution in [2.24, 2.45) is 0 Å². The minimum Gasteiger partial charge on any atom is -0.336 e. The lowest BCUT2D eigenvalue weighted by Gasteiger charge is -2.11. The first-order chi connectivity index (χ1) is 12.8. The SMILES string of the molecule is CCc1cccc2c(C#N)cn(CC(=O)Nc3cccc(C(F)(F)F)c3)c12. The van der Waals surface area contributed by atoms with Crippen LogP contribution < -0.4 is 5.32 Å². The van der Waals surface area contributed by atoms with Crippen LogP contribution in [0.4, 0.5) is 18.9 Å². The number of nitriles is 1. The summed E-state index contributed by atoms with van der Waals surface area (Å²) in [6.45, 7) is 1.87. The Hall–Kier alpha value is -3.27. The summed E-state index contributed by atoms with van der Waals surface area (Å²) in [7, 11) is 0. The van der Waals surface area contributed by atoms with E-state index in [0.29, 0.717) is 5.56 Å². The minimum atomic E-state index is -4.48. The van der Waals surface area contributed by atoms with Crippen LogP contribution in [0.3, 0.4) is 0 Å². The summed E-state index contributed by atoms with van der Waals surface area (Å²) < 4.78 is 40.1. The second-order valence-corrected chi connectivity index (χ2v) is 6.08. The molecule has 138 valence electrons. The molecule has 3 aromatic rings. The van der Waals surface area contributed by atoms with Crippen molar-refractivity contribution in [2.75, 3.05) is 5.32 Å². The Morgan fingerprint density at radius 1 is 1.22 bits per heavy atom. The molecule has 1 amide bonds. The smallest absolute Gasteiger partial charge is 0.336 e. The molecule has 0 fully saturated rings. The van der Waals surface area contributed by atoms with E-state index in [1.54, 1.807) is 10.8 Å². The molecule has 0 saturated heterocycles. The van der Waals surface area contributed by atoms with Crippen molar-refractivity contribution in [3.63, 3.8) is 0 Å². The summed E-state index contributed by atoms with van der Waals surface area (Å²) in [4.78, 5) is 12.4. The molecule has 0 unspecified atom stereocenters. The Labute approximate surface area is 153 Å². The van der Waals surface area contributed by atoms with Crippen LogP contribution in [-0.4, -0.2) is 10.5 Å². The van der Waals surface area contributed by atoms with E-state index in [-0.39, 0.29) is 12.2 Å². The second-order valence-electron chi connectivity index (χ2n) is 6.08. The van der Waals surface area contributed by atoms with Crippen molar-refractivity contribution < 1.29 is 18.0 Å². The molecule has 0 radical (unpaired) electrons. The third kappa shape index (κ3) is 3.80. The first-order valence-corrected chi connectivity index (χ1v) is 8.31. The molecule has 0 atom stereocenters. The monoisotopic (exact) mass is 371 g/mol. The Kier molecular flexibility index (Phi) is 4.91. The molecule has 0 spiro atoms. The zero-order chi connectivity index (χ0) is 19.6. The number of halogens is 3. The molecule has 0 aliphatic rings. The molecule has 7 heteroatoms. The minimum absolute atomic E-state index is 0.0718. The largest absolute Gasteiger partial charge is 0.416 e. The Bertz CT molecular complexity index is 1040. The van der Waals surface area contributed by atoms with Gasteiger partial charge in [-0.15, -0.1) is 0 Å². The molecular formula is C20H16F3N3O. The number of anilines is 1. The summed E-state index contributed by atoms with van der Waals surface area (Å²) in [5, 5.41) is 12.6. The van der Waals surface area contributed by atoms with E-state index in [0.717, 1.165) is 35.0 Å². The summed E-state index contributed by atoms with van der Waals surface area (Å²) >= 11 is 0. The van der Waals surface area contributed by atoms with Crippen LogP contribution in [0.25, 0.3) is 10.9 Å². The van der Waals surface area contributed by atoms with Crippen molar-refractivity contribution in [1.82, 2.24) is 4.57 Å². The first kappa shape index (κ1) is 18.5. The van der Waals surface area contributed by atoms with Gasteiger partial charge in [-0.25, -0.2) is 0 Å². The van der Waals surface area contributed by atoms with E-state index in [4.69, 9.17) is 0 Å². The molecule has 27 heavy (non-hydrogen) atoms. The van der Waals surface area contributed by atoms with Crippen LogP contribution in [0.5, 0.6) is 0 Å². The number of alkyl halides is 3. The number of aryl methyl sites for hydroxylation is 1. The van der Waals surface area contributed by atoms with Crippen molar-refractivity contribution in [2.45, 2.75) is 26.1 Å². The van der Waals surface area contributed by atoms with Gasteiger partial charge in [0.25, 0.3) is 0 Å². The lowest BCUT2D eigenvalue weighted by Crippen LogP contribution is -2.19. The molecule has 0 aliphatic carbocycles. The molecule has 0 bridgehead atoms. The third-order valence-electron chi connectivity index (χ3n) is 4.27. The van der Waals surface area contributed by atoms with E-state index in [9.17, 15) is 23.2 Å². The molecule has 0 aliphatic heterocycles. The maximum Gasteiger partial charge on any atom is 0.416 e. The van der Waals surface area contributed by atoms with Gasteiger partial charge in [0.2, 0.25) is 5.91 Å². The Morgan fingerprint density at radius 2 is 1.96 bits per heavy atom. The quantitative estimate of drug-likeness (QED) is 0.721. The highest BCUT2D eigenvalue weighted by Crippen LogP contribution is 2.30. The van der Waals surface area contributed by atoms with Crippen molar-refractivity contribution in [3.05, 3.63) is 65.4 Å². The predicted molar refractivity (Wildman–Crippen MR) is 96.1 cm³/mol. The number of rotatable bonds is 4. The van der Waals surface area contributed by atoms with E-state index < -0.39 is 17.6 Å². The van der Waals surface area contributed by atoms with Crippen LogP contribution in [0, 0.1) is 11.3 Å². The normalized spacial score (nSPS) is 11.4. The van der Waals surface area contributed by atoms with Crippen LogP contribution >= 0.6 is 0 Å². The Morgan fingerprint density at radius 3 is 2.63 bits per heavy atom. The number of hydrogen-bond donors (Lipinski definition) is 1. The van der Waals surface area contributed by atoms with Gasteiger partial charge in [-0.2, -0.15) is 18.4 Å². The lowest BCUT2D eigenvalue weighted by atomic mass is 10.1. The van der Waals surface area contributed by atoms with E-state index in [2.05, 4.69) is 11.4 Å². The second kappa shape index (κ2) is 7.16. The summed E-state index contributed by atoms with van der Waals surface area (Å²) in [5.74, 6) is -0.471. The number of carbonyl (C=O) groups excluding carboxylic acids is 1. The lowest BCUT2D eigenvalue weighted by molar-refractivity contribution is -0.137. The van der Waals surface area contributed by atoms with Gasteiger partial charge in [0.15, 0.2) is 0 Å². The van der Waals surface area contributed by atoms with Gasteiger partial charge in [-0.3, -0.25) is 4.79 Å². The maximum atomic E-state index is 12.8.